The second-order valence-electron chi connectivity index (χ2n) is 6.77. The van der Waals surface area contributed by atoms with Crippen LogP contribution in [0.15, 0.2) is 49.1 Å². The van der Waals surface area contributed by atoms with Crippen molar-refractivity contribution in [1.82, 2.24) is 40.0 Å². The molecule has 5 rings (SSSR count). The molecule has 0 bridgehead atoms. The number of aryl methyl sites for hydroxylation is 1. The van der Waals surface area contributed by atoms with E-state index in [0.717, 1.165) is 41.4 Å². The molecule has 3 aromatic heterocycles. The number of hydrogen-bond acceptors (Lipinski definition) is 7. The van der Waals surface area contributed by atoms with Gasteiger partial charge in [-0.05, 0) is 54.0 Å². The quantitative estimate of drug-likeness (QED) is 0.511. The Morgan fingerprint density at radius 2 is 2.14 bits per heavy atom. The monoisotopic (exact) mass is 374 g/mol. The van der Waals surface area contributed by atoms with Crippen LogP contribution in [0.5, 0.6) is 5.75 Å². The minimum Gasteiger partial charge on any atom is -0.486 e. The van der Waals surface area contributed by atoms with E-state index in [4.69, 9.17) is 14.8 Å². The van der Waals surface area contributed by atoms with Crippen LogP contribution in [-0.2, 0) is 6.61 Å². The maximum atomic E-state index is 6.03. The van der Waals surface area contributed by atoms with E-state index in [9.17, 15) is 0 Å². The second-order valence-corrected chi connectivity index (χ2v) is 6.77. The first-order chi connectivity index (χ1) is 13.8. The van der Waals surface area contributed by atoms with Crippen LogP contribution < -0.4 is 4.74 Å². The molecule has 0 amide bonds. The predicted molar refractivity (Wildman–Crippen MR) is 99.4 cm³/mol. The van der Waals surface area contributed by atoms with Gasteiger partial charge in [0.15, 0.2) is 11.6 Å². The van der Waals surface area contributed by atoms with E-state index in [2.05, 4.69) is 20.5 Å². The fourth-order valence-electron chi connectivity index (χ4n) is 3.01. The normalized spacial score (nSPS) is 13.6. The Kier molecular flexibility index (Phi) is 4.04. The van der Waals surface area contributed by atoms with E-state index in [1.165, 1.54) is 0 Å². The van der Waals surface area contributed by atoms with Crippen molar-refractivity contribution in [3.05, 3.63) is 66.3 Å². The smallest absolute Gasteiger partial charge is 0.170 e. The van der Waals surface area contributed by atoms with Gasteiger partial charge < -0.3 is 4.74 Å². The third-order valence-electron chi connectivity index (χ3n) is 4.65. The molecule has 0 radical (unpaired) electrons. The van der Waals surface area contributed by atoms with Crippen LogP contribution in [-0.4, -0.2) is 40.0 Å². The first-order valence-electron chi connectivity index (χ1n) is 9.11. The molecule has 3 heterocycles. The van der Waals surface area contributed by atoms with Gasteiger partial charge in [-0.15, -0.1) is 5.10 Å². The van der Waals surface area contributed by atoms with Crippen molar-refractivity contribution in [3.63, 3.8) is 0 Å². The molecule has 0 aliphatic heterocycles. The van der Waals surface area contributed by atoms with Gasteiger partial charge in [0, 0.05) is 24.4 Å². The predicted octanol–water partition coefficient (Wildman–Crippen LogP) is 2.40. The minimum absolute atomic E-state index is 0.306. The maximum absolute atomic E-state index is 6.03. The van der Waals surface area contributed by atoms with Crippen LogP contribution >= 0.6 is 0 Å². The molecular weight excluding hydrogens is 356 g/mol. The molecule has 9 heteroatoms. The molecule has 1 aliphatic rings. The molecule has 0 unspecified atom stereocenters. The summed E-state index contributed by atoms with van der Waals surface area (Å²) >= 11 is 0. The van der Waals surface area contributed by atoms with Gasteiger partial charge in [0.2, 0.25) is 0 Å². The minimum atomic E-state index is 0.306. The Bertz CT molecular complexity index is 1100. The Labute approximate surface area is 161 Å². The van der Waals surface area contributed by atoms with Crippen LogP contribution in [0, 0.1) is 6.92 Å². The van der Waals surface area contributed by atoms with E-state index in [1.54, 1.807) is 17.2 Å². The van der Waals surface area contributed by atoms with Crippen molar-refractivity contribution in [2.45, 2.75) is 32.3 Å². The summed E-state index contributed by atoms with van der Waals surface area (Å²) in [6, 6.07) is 9.55. The van der Waals surface area contributed by atoms with Crippen molar-refractivity contribution in [3.8, 4) is 17.1 Å². The zero-order valence-corrected chi connectivity index (χ0v) is 15.3. The molecule has 0 N–H and O–H groups in total. The van der Waals surface area contributed by atoms with Crippen molar-refractivity contribution < 1.29 is 4.74 Å². The average Bonchev–Trinajstić information content (AvgIpc) is 3.26. The molecule has 0 spiro atoms. The lowest BCUT2D eigenvalue weighted by Crippen LogP contribution is -2.08. The van der Waals surface area contributed by atoms with Gasteiger partial charge in [-0.2, -0.15) is 5.10 Å². The highest BCUT2D eigenvalue weighted by molar-refractivity contribution is 5.39. The van der Waals surface area contributed by atoms with Crippen molar-refractivity contribution in [1.29, 1.82) is 0 Å². The SMILES string of the molecule is Cc1cnccc1-n1nc(C2CC2)nc1COc1cccc(-n2cnnn2)c1. The molecule has 1 saturated carbocycles. The standard InChI is InChI=1S/C19H18N8O/c1-13-10-20-8-7-17(13)27-18(22-19(23-27)14-5-6-14)11-28-16-4-2-3-15(9-16)26-12-21-24-25-26/h2-4,7-10,12,14H,5-6,11H2,1H3. The van der Waals surface area contributed by atoms with Crippen molar-refractivity contribution >= 4 is 0 Å². The first kappa shape index (κ1) is 16.5. The number of benzene rings is 1. The van der Waals surface area contributed by atoms with Crippen LogP contribution in [0.4, 0.5) is 0 Å². The Balaban J connectivity index is 1.42. The molecule has 0 saturated heterocycles. The third kappa shape index (κ3) is 3.22. The maximum Gasteiger partial charge on any atom is 0.170 e. The number of pyridine rings is 1. The Morgan fingerprint density at radius 1 is 1.21 bits per heavy atom. The van der Waals surface area contributed by atoms with E-state index in [-0.39, 0.29) is 0 Å². The third-order valence-corrected chi connectivity index (χ3v) is 4.65. The Morgan fingerprint density at radius 3 is 2.93 bits per heavy atom. The second kappa shape index (κ2) is 6.84. The summed E-state index contributed by atoms with van der Waals surface area (Å²) in [5, 5.41) is 16.0. The summed E-state index contributed by atoms with van der Waals surface area (Å²) in [5.41, 5.74) is 2.83. The number of ether oxygens (including phenoxy) is 1. The van der Waals surface area contributed by atoms with Gasteiger partial charge in [-0.3, -0.25) is 4.98 Å². The van der Waals surface area contributed by atoms with Crippen LogP contribution in [0.25, 0.3) is 11.4 Å². The van der Waals surface area contributed by atoms with E-state index in [1.807, 2.05) is 48.1 Å². The van der Waals surface area contributed by atoms with Crippen LogP contribution in [0.2, 0.25) is 0 Å². The van der Waals surface area contributed by atoms with Gasteiger partial charge in [0.1, 0.15) is 18.7 Å². The molecule has 1 fully saturated rings. The number of tetrazole rings is 1. The fourth-order valence-corrected chi connectivity index (χ4v) is 3.01. The summed E-state index contributed by atoms with van der Waals surface area (Å²) in [7, 11) is 0. The molecule has 4 aromatic rings. The van der Waals surface area contributed by atoms with E-state index < -0.39 is 0 Å². The highest BCUT2D eigenvalue weighted by Gasteiger charge is 2.29. The molecular formula is C19H18N8O. The number of rotatable bonds is 6. The van der Waals surface area contributed by atoms with Crippen molar-refractivity contribution in [2.24, 2.45) is 0 Å². The van der Waals surface area contributed by atoms with Gasteiger partial charge in [0.25, 0.3) is 0 Å². The van der Waals surface area contributed by atoms with Gasteiger partial charge in [-0.25, -0.2) is 14.3 Å². The highest BCUT2D eigenvalue weighted by atomic mass is 16.5. The largest absolute Gasteiger partial charge is 0.486 e. The molecule has 0 atom stereocenters. The summed E-state index contributed by atoms with van der Waals surface area (Å²) in [6.45, 7) is 2.32. The number of nitrogens with zero attached hydrogens (tertiary/aromatic N) is 8. The summed E-state index contributed by atoms with van der Waals surface area (Å²) in [6.07, 6.45) is 7.43. The molecule has 28 heavy (non-hydrogen) atoms. The molecule has 9 nitrogen and oxygen atoms in total. The molecule has 1 aliphatic carbocycles. The van der Waals surface area contributed by atoms with Gasteiger partial charge >= 0.3 is 0 Å². The lowest BCUT2D eigenvalue weighted by atomic mass is 10.2. The lowest BCUT2D eigenvalue weighted by Gasteiger charge is -2.10. The first-order valence-corrected chi connectivity index (χ1v) is 9.11. The summed E-state index contributed by atoms with van der Waals surface area (Å²) in [4.78, 5) is 8.92. The van der Waals surface area contributed by atoms with Gasteiger partial charge in [-0.1, -0.05) is 6.07 Å². The zero-order chi connectivity index (χ0) is 18.9. The van der Waals surface area contributed by atoms with E-state index in [0.29, 0.717) is 18.3 Å². The van der Waals surface area contributed by atoms with E-state index >= 15 is 0 Å². The zero-order valence-electron chi connectivity index (χ0n) is 15.3. The molecule has 140 valence electrons. The topological polar surface area (TPSA) is 96.4 Å². The summed E-state index contributed by atoms with van der Waals surface area (Å²) < 4.78 is 9.48. The molecule has 1 aromatic carbocycles. The van der Waals surface area contributed by atoms with Crippen LogP contribution in [0.3, 0.4) is 0 Å². The summed E-state index contributed by atoms with van der Waals surface area (Å²) in [5.74, 6) is 2.83. The number of hydrogen-bond donors (Lipinski definition) is 0. The number of aromatic nitrogens is 8. The van der Waals surface area contributed by atoms with Crippen molar-refractivity contribution in [2.75, 3.05) is 0 Å². The fraction of sp³-hybridized carbons (Fsp3) is 0.263. The highest BCUT2D eigenvalue weighted by Crippen LogP contribution is 2.38. The average molecular weight is 374 g/mol. The van der Waals surface area contributed by atoms with Gasteiger partial charge in [0.05, 0.1) is 11.4 Å². The lowest BCUT2D eigenvalue weighted by molar-refractivity contribution is 0.292. The Hall–Kier alpha value is -3.62. The van der Waals surface area contributed by atoms with Crippen LogP contribution in [0.1, 0.15) is 36.0 Å².